The Morgan fingerprint density at radius 2 is 2.30 bits per heavy atom. The summed E-state index contributed by atoms with van der Waals surface area (Å²) in [6.45, 7) is 1.78. The van der Waals surface area contributed by atoms with Crippen molar-refractivity contribution in [3.8, 4) is 0 Å². The molecular weight excluding hydrogens is 309 g/mol. The second kappa shape index (κ2) is 6.77. The predicted octanol–water partition coefficient (Wildman–Crippen LogP) is 0.513. The Kier molecular flexibility index (Phi) is 4.79. The molecule has 0 unspecified atom stereocenters. The molecule has 1 amide bonds. The summed E-state index contributed by atoms with van der Waals surface area (Å²) < 4.78 is 16.0. The lowest BCUT2D eigenvalue weighted by Gasteiger charge is -1.98. The first-order chi connectivity index (χ1) is 10.9. The SMILES string of the molecule is Cc1nn(C)c(F)c1/C=N\NC(=O)CCn1ccc([N+](=O)[O-])n1. The molecule has 0 aliphatic rings. The van der Waals surface area contributed by atoms with E-state index in [-0.39, 0.29) is 24.3 Å². The molecule has 2 aromatic rings. The number of aromatic nitrogens is 4. The van der Waals surface area contributed by atoms with Gasteiger partial charge in [0, 0.05) is 13.5 Å². The van der Waals surface area contributed by atoms with Gasteiger partial charge in [-0.15, -0.1) is 0 Å². The first-order valence-electron chi connectivity index (χ1n) is 6.57. The number of amides is 1. The van der Waals surface area contributed by atoms with Gasteiger partial charge < -0.3 is 10.1 Å². The number of hydrogen-bond acceptors (Lipinski definition) is 6. The zero-order valence-electron chi connectivity index (χ0n) is 12.4. The van der Waals surface area contributed by atoms with Crippen LogP contribution in [0.2, 0.25) is 0 Å². The molecule has 0 atom stereocenters. The Balaban J connectivity index is 1.85. The van der Waals surface area contributed by atoms with Crippen LogP contribution in [0.15, 0.2) is 17.4 Å². The molecule has 23 heavy (non-hydrogen) atoms. The van der Waals surface area contributed by atoms with Gasteiger partial charge in [0.15, 0.2) is 0 Å². The van der Waals surface area contributed by atoms with Crippen molar-refractivity contribution >= 4 is 17.9 Å². The van der Waals surface area contributed by atoms with Gasteiger partial charge in [0.1, 0.15) is 0 Å². The summed E-state index contributed by atoms with van der Waals surface area (Å²) in [6.07, 6.45) is 2.60. The van der Waals surface area contributed by atoms with Gasteiger partial charge >= 0.3 is 5.82 Å². The van der Waals surface area contributed by atoms with Crippen LogP contribution in [-0.2, 0) is 18.4 Å². The fraction of sp³-hybridized carbons (Fsp3) is 0.333. The molecule has 11 heteroatoms. The minimum atomic E-state index is -0.619. The lowest BCUT2D eigenvalue weighted by molar-refractivity contribution is -0.389. The third kappa shape index (κ3) is 3.96. The fourth-order valence-electron chi connectivity index (χ4n) is 1.81. The number of nitrogens with zero attached hydrogens (tertiary/aromatic N) is 6. The highest BCUT2D eigenvalue weighted by Gasteiger charge is 2.12. The monoisotopic (exact) mass is 323 g/mol. The Labute approximate surface area is 129 Å². The van der Waals surface area contributed by atoms with Gasteiger partial charge in [-0.25, -0.2) is 10.1 Å². The molecule has 2 aromatic heterocycles. The van der Waals surface area contributed by atoms with Crippen molar-refractivity contribution in [1.82, 2.24) is 25.0 Å². The maximum atomic E-state index is 13.6. The third-order valence-corrected chi connectivity index (χ3v) is 2.96. The number of hydrogen-bond donors (Lipinski definition) is 1. The summed E-state index contributed by atoms with van der Waals surface area (Å²) >= 11 is 0. The number of carbonyl (C=O) groups excluding carboxylic acids is 1. The number of carbonyl (C=O) groups is 1. The molecular formula is C12H14FN7O3. The average Bonchev–Trinajstić information content (AvgIpc) is 3.05. The van der Waals surface area contributed by atoms with Crippen LogP contribution < -0.4 is 5.43 Å². The van der Waals surface area contributed by atoms with Gasteiger partial charge in [0.2, 0.25) is 11.9 Å². The molecule has 2 rings (SSSR count). The van der Waals surface area contributed by atoms with Crippen molar-refractivity contribution in [2.75, 3.05) is 0 Å². The molecule has 0 aliphatic heterocycles. The number of rotatable bonds is 6. The molecule has 10 nitrogen and oxygen atoms in total. The molecule has 0 spiro atoms. The summed E-state index contributed by atoms with van der Waals surface area (Å²) in [5.41, 5.74) is 2.89. The molecule has 0 saturated heterocycles. The first-order valence-corrected chi connectivity index (χ1v) is 6.57. The summed E-state index contributed by atoms with van der Waals surface area (Å²) in [7, 11) is 1.46. The van der Waals surface area contributed by atoms with Crippen molar-refractivity contribution in [3.63, 3.8) is 0 Å². The van der Waals surface area contributed by atoms with Crippen molar-refractivity contribution in [3.05, 3.63) is 39.6 Å². The van der Waals surface area contributed by atoms with Gasteiger partial charge in [-0.3, -0.25) is 4.79 Å². The van der Waals surface area contributed by atoms with E-state index < -0.39 is 16.8 Å². The van der Waals surface area contributed by atoms with Crippen LogP contribution in [0.1, 0.15) is 17.7 Å². The van der Waals surface area contributed by atoms with E-state index in [9.17, 15) is 19.3 Å². The lowest BCUT2D eigenvalue weighted by Crippen LogP contribution is -2.19. The molecule has 0 bridgehead atoms. The fourth-order valence-corrected chi connectivity index (χ4v) is 1.81. The van der Waals surface area contributed by atoms with Crippen LogP contribution in [0.4, 0.5) is 10.2 Å². The van der Waals surface area contributed by atoms with Gasteiger partial charge in [0.05, 0.1) is 41.4 Å². The van der Waals surface area contributed by atoms with Crippen molar-refractivity contribution in [1.29, 1.82) is 0 Å². The van der Waals surface area contributed by atoms with E-state index in [1.165, 1.54) is 30.2 Å². The lowest BCUT2D eigenvalue weighted by atomic mass is 10.3. The Hall–Kier alpha value is -3.11. The van der Waals surface area contributed by atoms with Crippen molar-refractivity contribution in [2.45, 2.75) is 19.9 Å². The zero-order chi connectivity index (χ0) is 17.0. The highest BCUT2D eigenvalue weighted by molar-refractivity contribution is 5.83. The highest BCUT2D eigenvalue weighted by atomic mass is 19.1. The number of nitro groups is 1. The Bertz CT molecular complexity index is 765. The number of aryl methyl sites for hydroxylation is 3. The van der Waals surface area contributed by atoms with E-state index in [2.05, 4.69) is 20.7 Å². The van der Waals surface area contributed by atoms with Crippen LogP contribution >= 0.6 is 0 Å². The minimum Gasteiger partial charge on any atom is -0.358 e. The summed E-state index contributed by atoms with van der Waals surface area (Å²) in [5.74, 6) is -1.27. The Morgan fingerprint density at radius 3 is 2.87 bits per heavy atom. The number of hydrazone groups is 1. The van der Waals surface area contributed by atoms with E-state index in [1.807, 2.05) is 0 Å². The summed E-state index contributed by atoms with van der Waals surface area (Å²) in [4.78, 5) is 21.5. The first kappa shape index (κ1) is 16.3. The summed E-state index contributed by atoms with van der Waals surface area (Å²) in [6, 6.07) is 1.24. The van der Waals surface area contributed by atoms with Crippen LogP contribution in [0.3, 0.4) is 0 Å². The van der Waals surface area contributed by atoms with Crippen molar-refractivity contribution in [2.24, 2.45) is 12.1 Å². The predicted molar refractivity (Wildman–Crippen MR) is 77.1 cm³/mol. The second-order valence-electron chi connectivity index (χ2n) is 4.65. The van der Waals surface area contributed by atoms with Crippen LogP contribution in [0.5, 0.6) is 0 Å². The molecule has 0 radical (unpaired) electrons. The topological polar surface area (TPSA) is 120 Å². The van der Waals surface area contributed by atoms with Gasteiger partial charge in [-0.2, -0.15) is 19.3 Å². The maximum absolute atomic E-state index is 13.6. The van der Waals surface area contributed by atoms with Crippen LogP contribution in [0.25, 0.3) is 0 Å². The van der Waals surface area contributed by atoms with Crippen molar-refractivity contribution < 1.29 is 14.1 Å². The Morgan fingerprint density at radius 1 is 1.57 bits per heavy atom. The molecule has 1 N–H and O–H groups in total. The molecule has 2 heterocycles. The third-order valence-electron chi connectivity index (χ3n) is 2.96. The standard InChI is InChI=1S/C12H14FN7O3/c1-8-9(12(13)18(2)16-8)7-14-15-11(21)4-6-19-5-3-10(17-19)20(22)23/h3,5,7H,4,6H2,1-2H3,(H,15,21)/b14-7-. The van der Waals surface area contributed by atoms with E-state index in [0.29, 0.717) is 5.69 Å². The van der Waals surface area contributed by atoms with Gasteiger partial charge in [-0.05, 0) is 11.8 Å². The van der Waals surface area contributed by atoms with E-state index >= 15 is 0 Å². The van der Waals surface area contributed by atoms with Gasteiger partial charge in [0.25, 0.3) is 0 Å². The normalized spacial score (nSPS) is 11.1. The number of nitrogens with one attached hydrogen (secondary N) is 1. The zero-order valence-corrected chi connectivity index (χ0v) is 12.4. The van der Waals surface area contributed by atoms with E-state index in [4.69, 9.17) is 0 Å². The maximum Gasteiger partial charge on any atom is 0.389 e. The second-order valence-corrected chi connectivity index (χ2v) is 4.65. The van der Waals surface area contributed by atoms with Crippen LogP contribution in [0, 0.1) is 23.0 Å². The molecule has 0 saturated carbocycles. The van der Waals surface area contributed by atoms with Gasteiger partial charge in [-0.1, -0.05) is 0 Å². The van der Waals surface area contributed by atoms with E-state index in [1.54, 1.807) is 6.92 Å². The smallest absolute Gasteiger partial charge is 0.358 e. The molecule has 0 fully saturated rings. The molecule has 0 aromatic carbocycles. The average molecular weight is 323 g/mol. The molecule has 0 aliphatic carbocycles. The van der Waals surface area contributed by atoms with Crippen LogP contribution in [-0.4, -0.2) is 36.6 Å². The quantitative estimate of drug-likeness (QED) is 0.472. The molecule has 122 valence electrons. The highest BCUT2D eigenvalue weighted by Crippen LogP contribution is 2.08. The summed E-state index contributed by atoms with van der Waals surface area (Å²) in [5, 5.41) is 21.7. The number of halogens is 1. The minimum absolute atomic E-state index is 0.0185. The van der Waals surface area contributed by atoms with E-state index in [0.717, 1.165) is 4.68 Å². The largest absolute Gasteiger partial charge is 0.389 e.